The molecule has 0 bridgehead atoms. The zero-order valence-corrected chi connectivity index (χ0v) is 13.3. The molecule has 0 aliphatic carbocycles. The van der Waals surface area contributed by atoms with Gasteiger partial charge in [-0.05, 0) is 37.8 Å². The highest BCUT2D eigenvalue weighted by molar-refractivity contribution is 6.30. The summed E-state index contributed by atoms with van der Waals surface area (Å²) in [5.74, 6) is 0. The van der Waals surface area contributed by atoms with Gasteiger partial charge in [0, 0.05) is 18.2 Å². The van der Waals surface area contributed by atoms with Crippen molar-refractivity contribution >= 4 is 11.6 Å². The predicted octanol–water partition coefficient (Wildman–Crippen LogP) is 3.36. The molecule has 1 aromatic heterocycles. The van der Waals surface area contributed by atoms with Crippen LogP contribution in [0.1, 0.15) is 36.2 Å². The highest BCUT2D eigenvalue weighted by atomic mass is 35.5. The molecular weight excluding hydrogens is 270 g/mol. The summed E-state index contributed by atoms with van der Waals surface area (Å²) in [6.45, 7) is 6.16. The second-order valence-electron chi connectivity index (χ2n) is 5.62. The van der Waals surface area contributed by atoms with E-state index in [9.17, 15) is 0 Å². The van der Waals surface area contributed by atoms with Gasteiger partial charge in [0.1, 0.15) is 5.15 Å². The quantitative estimate of drug-likeness (QED) is 0.939. The molecule has 20 heavy (non-hydrogen) atoms. The van der Waals surface area contributed by atoms with E-state index in [0.717, 1.165) is 23.2 Å². The van der Waals surface area contributed by atoms with Gasteiger partial charge in [-0.3, -0.25) is 4.68 Å². The van der Waals surface area contributed by atoms with Gasteiger partial charge in [-0.15, -0.1) is 0 Å². The van der Waals surface area contributed by atoms with E-state index >= 15 is 0 Å². The Bertz CT molecular complexity index is 597. The molecule has 0 radical (unpaired) electrons. The zero-order valence-electron chi connectivity index (χ0n) is 12.6. The van der Waals surface area contributed by atoms with Crippen molar-refractivity contribution in [3.8, 4) is 0 Å². The van der Waals surface area contributed by atoms with E-state index < -0.39 is 5.54 Å². The first-order chi connectivity index (χ1) is 9.35. The van der Waals surface area contributed by atoms with E-state index in [1.54, 1.807) is 4.68 Å². The first kappa shape index (κ1) is 15.1. The third kappa shape index (κ3) is 2.89. The fourth-order valence-electron chi connectivity index (χ4n) is 2.47. The standard InChI is InChI=1S/C16H22ClN3/c1-5-12-6-8-13(9-7-12)16(3,18)10-14-11(2)19-20(4)15(14)17/h6-9H,5,10,18H2,1-4H3. The molecule has 0 amide bonds. The van der Waals surface area contributed by atoms with Crippen LogP contribution in [0, 0.1) is 6.92 Å². The molecule has 0 fully saturated rings. The van der Waals surface area contributed by atoms with Crippen LogP contribution in [0.5, 0.6) is 0 Å². The van der Waals surface area contributed by atoms with Gasteiger partial charge in [0.25, 0.3) is 0 Å². The third-order valence-electron chi connectivity index (χ3n) is 3.84. The van der Waals surface area contributed by atoms with Crippen molar-refractivity contribution in [2.75, 3.05) is 0 Å². The average molecular weight is 292 g/mol. The molecule has 0 aliphatic rings. The van der Waals surface area contributed by atoms with E-state index in [2.05, 4.69) is 36.3 Å². The molecule has 0 aliphatic heterocycles. The minimum atomic E-state index is -0.455. The second kappa shape index (κ2) is 5.58. The van der Waals surface area contributed by atoms with E-state index in [0.29, 0.717) is 11.6 Å². The fourth-order valence-corrected chi connectivity index (χ4v) is 2.71. The Morgan fingerprint density at radius 3 is 2.35 bits per heavy atom. The van der Waals surface area contributed by atoms with Crippen molar-refractivity contribution in [3.63, 3.8) is 0 Å². The van der Waals surface area contributed by atoms with Crippen LogP contribution in [0.2, 0.25) is 5.15 Å². The Kier molecular flexibility index (Phi) is 4.21. The summed E-state index contributed by atoms with van der Waals surface area (Å²) in [5.41, 5.74) is 10.5. The van der Waals surface area contributed by atoms with E-state index in [4.69, 9.17) is 17.3 Å². The number of nitrogens with two attached hydrogens (primary N) is 1. The summed E-state index contributed by atoms with van der Waals surface area (Å²) < 4.78 is 1.70. The van der Waals surface area contributed by atoms with E-state index in [-0.39, 0.29) is 0 Å². The highest BCUT2D eigenvalue weighted by Gasteiger charge is 2.25. The molecule has 0 saturated heterocycles. The first-order valence-electron chi connectivity index (χ1n) is 6.91. The number of halogens is 1. The molecule has 0 spiro atoms. The maximum absolute atomic E-state index is 6.51. The summed E-state index contributed by atoms with van der Waals surface area (Å²) in [4.78, 5) is 0. The van der Waals surface area contributed by atoms with Gasteiger partial charge in [0.15, 0.2) is 0 Å². The summed E-state index contributed by atoms with van der Waals surface area (Å²) in [6.07, 6.45) is 1.71. The van der Waals surface area contributed by atoms with Crippen LogP contribution in [0.3, 0.4) is 0 Å². The van der Waals surface area contributed by atoms with Gasteiger partial charge in [0.2, 0.25) is 0 Å². The van der Waals surface area contributed by atoms with Gasteiger partial charge in [-0.25, -0.2) is 0 Å². The lowest BCUT2D eigenvalue weighted by atomic mass is 9.86. The van der Waals surface area contributed by atoms with Crippen molar-refractivity contribution in [2.45, 2.75) is 39.2 Å². The van der Waals surface area contributed by atoms with Crippen molar-refractivity contribution in [3.05, 3.63) is 51.8 Å². The normalized spacial score (nSPS) is 14.3. The lowest BCUT2D eigenvalue weighted by molar-refractivity contribution is 0.490. The van der Waals surface area contributed by atoms with E-state index in [1.165, 1.54) is 5.56 Å². The molecule has 1 aromatic carbocycles. The minimum absolute atomic E-state index is 0.455. The van der Waals surface area contributed by atoms with Crippen molar-refractivity contribution in [1.82, 2.24) is 9.78 Å². The number of nitrogens with zero attached hydrogens (tertiary/aromatic N) is 2. The van der Waals surface area contributed by atoms with Gasteiger partial charge >= 0.3 is 0 Å². The summed E-state index contributed by atoms with van der Waals surface area (Å²) in [7, 11) is 1.85. The Balaban J connectivity index is 2.29. The molecule has 4 heteroatoms. The molecule has 1 heterocycles. The van der Waals surface area contributed by atoms with Gasteiger partial charge in [-0.2, -0.15) is 5.10 Å². The minimum Gasteiger partial charge on any atom is -0.321 e. The average Bonchev–Trinajstić information content (AvgIpc) is 2.65. The van der Waals surface area contributed by atoms with E-state index in [1.807, 2.05) is 20.9 Å². The summed E-state index contributed by atoms with van der Waals surface area (Å²) in [5, 5.41) is 5.02. The number of aryl methyl sites for hydroxylation is 3. The molecule has 3 nitrogen and oxygen atoms in total. The number of rotatable bonds is 4. The van der Waals surface area contributed by atoms with Gasteiger partial charge in [0.05, 0.1) is 5.69 Å². The predicted molar refractivity (Wildman–Crippen MR) is 84.0 cm³/mol. The van der Waals surface area contributed by atoms with Crippen LogP contribution in [-0.2, 0) is 25.4 Å². The lowest BCUT2D eigenvalue weighted by Gasteiger charge is -2.25. The number of aromatic nitrogens is 2. The summed E-state index contributed by atoms with van der Waals surface area (Å²) >= 11 is 6.30. The number of benzene rings is 1. The molecule has 1 unspecified atom stereocenters. The molecular formula is C16H22ClN3. The molecule has 1 atom stereocenters. The highest BCUT2D eigenvalue weighted by Crippen LogP contribution is 2.28. The number of hydrogen-bond donors (Lipinski definition) is 1. The Labute approximate surface area is 125 Å². The van der Waals surface area contributed by atoms with Gasteiger partial charge in [-0.1, -0.05) is 42.8 Å². The van der Waals surface area contributed by atoms with Crippen molar-refractivity contribution in [1.29, 1.82) is 0 Å². The number of hydrogen-bond acceptors (Lipinski definition) is 2. The molecule has 0 saturated carbocycles. The SMILES string of the molecule is CCc1ccc(C(C)(N)Cc2c(C)nn(C)c2Cl)cc1. The third-order valence-corrected chi connectivity index (χ3v) is 4.31. The maximum Gasteiger partial charge on any atom is 0.130 e. The largest absolute Gasteiger partial charge is 0.321 e. The molecule has 108 valence electrons. The van der Waals surface area contributed by atoms with Crippen LogP contribution in [-0.4, -0.2) is 9.78 Å². The van der Waals surface area contributed by atoms with Crippen molar-refractivity contribution < 1.29 is 0 Å². The van der Waals surface area contributed by atoms with Crippen LogP contribution in [0.4, 0.5) is 0 Å². The molecule has 2 rings (SSSR count). The van der Waals surface area contributed by atoms with Crippen LogP contribution in [0.25, 0.3) is 0 Å². The lowest BCUT2D eigenvalue weighted by Crippen LogP contribution is -2.35. The Morgan fingerprint density at radius 2 is 1.90 bits per heavy atom. The van der Waals surface area contributed by atoms with Crippen LogP contribution in [0.15, 0.2) is 24.3 Å². The zero-order chi connectivity index (χ0) is 14.9. The first-order valence-corrected chi connectivity index (χ1v) is 7.29. The van der Waals surface area contributed by atoms with Crippen molar-refractivity contribution in [2.24, 2.45) is 12.8 Å². The summed E-state index contributed by atoms with van der Waals surface area (Å²) in [6, 6.07) is 8.49. The monoisotopic (exact) mass is 291 g/mol. The topological polar surface area (TPSA) is 43.8 Å². The smallest absolute Gasteiger partial charge is 0.130 e. The maximum atomic E-state index is 6.51. The van der Waals surface area contributed by atoms with Crippen LogP contribution < -0.4 is 5.73 Å². The Hall–Kier alpha value is -1.32. The van der Waals surface area contributed by atoms with Crippen LogP contribution >= 0.6 is 11.6 Å². The molecule has 2 aromatic rings. The second-order valence-corrected chi connectivity index (χ2v) is 5.98. The fraction of sp³-hybridized carbons (Fsp3) is 0.438. The molecule has 2 N–H and O–H groups in total. The Morgan fingerprint density at radius 1 is 1.30 bits per heavy atom. The van der Waals surface area contributed by atoms with Gasteiger partial charge < -0.3 is 5.73 Å².